The zero-order valence-electron chi connectivity index (χ0n) is 6.64. The van der Waals surface area contributed by atoms with E-state index in [1.54, 1.807) is 6.20 Å². The van der Waals surface area contributed by atoms with Crippen molar-refractivity contribution in [2.75, 3.05) is 0 Å². The molecular weight excluding hydrogens is 130 g/mol. The summed E-state index contributed by atoms with van der Waals surface area (Å²) < 4.78 is 0. The zero-order valence-corrected chi connectivity index (χ0v) is 6.64. The molecule has 0 spiro atoms. The Morgan fingerprint density at radius 2 is 2.00 bits per heavy atom. The lowest BCUT2D eigenvalue weighted by Crippen LogP contribution is -3.10. The molecule has 10 heavy (non-hydrogen) atoms. The first-order chi connectivity index (χ1) is 4.05. The lowest BCUT2D eigenvalue weighted by atomic mass is 9.92. The number of quaternary nitrogens is 1. The largest absolute Gasteiger partial charge is 0.629 e. The van der Waals surface area contributed by atoms with Crippen LogP contribution in [0.3, 0.4) is 0 Å². The third kappa shape index (κ3) is 1.21. The number of nitrogens with one attached hydrogen (secondary N) is 1. The Labute approximate surface area is 61.2 Å². The fourth-order valence-corrected chi connectivity index (χ4v) is 0.911. The van der Waals surface area contributed by atoms with Crippen molar-refractivity contribution in [3.8, 4) is 0 Å². The predicted molar refractivity (Wildman–Crippen MR) is 40.3 cm³/mol. The number of hydroxylamine groups is 2. The molecule has 2 unspecified atom stereocenters. The molecule has 2 atom stereocenters. The SMILES string of the molecule is CC1C=C[NH+]([O-])C1(C)C.O. The Balaban J connectivity index is 0.000000810. The fourth-order valence-electron chi connectivity index (χ4n) is 0.911. The normalized spacial score (nSPS) is 35.6. The molecular formula is C7H15NO2. The van der Waals surface area contributed by atoms with Gasteiger partial charge in [0.15, 0.2) is 0 Å². The minimum atomic E-state index is -0.139. The predicted octanol–water partition coefficient (Wildman–Crippen LogP) is -0.514. The van der Waals surface area contributed by atoms with Gasteiger partial charge in [0.25, 0.3) is 0 Å². The van der Waals surface area contributed by atoms with Crippen LogP contribution in [0.4, 0.5) is 0 Å². The number of rotatable bonds is 0. The molecule has 60 valence electrons. The summed E-state index contributed by atoms with van der Waals surface area (Å²) in [5.41, 5.74) is -0.139. The quantitative estimate of drug-likeness (QED) is 0.458. The van der Waals surface area contributed by atoms with E-state index in [1.807, 2.05) is 19.9 Å². The molecule has 0 radical (unpaired) electrons. The smallest absolute Gasteiger partial charge is 0.102 e. The van der Waals surface area contributed by atoms with E-state index in [-0.39, 0.29) is 16.1 Å². The van der Waals surface area contributed by atoms with Crippen molar-refractivity contribution < 1.29 is 10.5 Å². The summed E-state index contributed by atoms with van der Waals surface area (Å²) in [5, 5.41) is 11.3. The highest BCUT2D eigenvalue weighted by Crippen LogP contribution is 2.16. The van der Waals surface area contributed by atoms with E-state index in [0.717, 1.165) is 0 Å². The Kier molecular flexibility index (Phi) is 2.60. The van der Waals surface area contributed by atoms with Crippen molar-refractivity contribution in [1.82, 2.24) is 0 Å². The van der Waals surface area contributed by atoms with Crippen molar-refractivity contribution in [2.24, 2.45) is 5.92 Å². The molecule has 0 aromatic heterocycles. The van der Waals surface area contributed by atoms with Gasteiger partial charge in [0.2, 0.25) is 0 Å². The van der Waals surface area contributed by atoms with Gasteiger partial charge in [-0.05, 0) is 19.9 Å². The molecule has 3 N–H and O–H groups in total. The highest BCUT2D eigenvalue weighted by molar-refractivity contribution is 4.96. The highest BCUT2D eigenvalue weighted by atomic mass is 16.5. The second-order valence-corrected chi connectivity index (χ2v) is 3.23. The van der Waals surface area contributed by atoms with Gasteiger partial charge in [-0.2, -0.15) is 0 Å². The van der Waals surface area contributed by atoms with Crippen LogP contribution >= 0.6 is 0 Å². The summed E-state index contributed by atoms with van der Waals surface area (Å²) in [5.74, 6) is 0.407. The summed E-state index contributed by atoms with van der Waals surface area (Å²) in [4.78, 5) is 0. The monoisotopic (exact) mass is 145 g/mol. The molecule has 0 saturated carbocycles. The van der Waals surface area contributed by atoms with Crippen molar-refractivity contribution >= 4 is 0 Å². The molecule has 3 heteroatoms. The van der Waals surface area contributed by atoms with Gasteiger partial charge >= 0.3 is 0 Å². The van der Waals surface area contributed by atoms with Crippen LogP contribution in [0, 0.1) is 11.1 Å². The van der Waals surface area contributed by atoms with Gasteiger partial charge in [0.05, 0.1) is 6.20 Å². The van der Waals surface area contributed by atoms with Crippen molar-refractivity contribution in [1.29, 1.82) is 0 Å². The molecule has 0 saturated heterocycles. The van der Waals surface area contributed by atoms with Gasteiger partial charge in [-0.15, -0.1) is 0 Å². The standard InChI is InChI=1S/C7H13NO.H2O/c1-6-4-5-8(9)7(6,2)3;/h4-6,8H,1-3H3;1H2. The molecule has 1 aliphatic heterocycles. The van der Waals surface area contributed by atoms with Crippen LogP contribution < -0.4 is 5.06 Å². The van der Waals surface area contributed by atoms with Gasteiger partial charge < -0.3 is 15.7 Å². The lowest BCUT2D eigenvalue weighted by Gasteiger charge is -2.33. The first kappa shape index (κ1) is 9.62. The highest BCUT2D eigenvalue weighted by Gasteiger charge is 2.34. The molecule has 0 aliphatic carbocycles. The molecule has 0 fully saturated rings. The lowest BCUT2D eigenvalue weighted by molar-refractivity contribution is -0.845. The minimum absolute atomic E-state index is 0. The van der Waals surface area contributed by atoms with E-state index in [4.69, 9.17) is 0 Å². The van der Waals surface area contributed by atoms with E-state index in [2.05, 4.69) is 6.92 Å². The number of hydrogen-bond acceptors (Lipinski definition) is 1. The Morgan fingerprint density at radius 3 is 2.10 bits per heavy atom. The van der Waals surface area contributed by atoms with Gasteiger partial charge in [0.1, 0.15) is 5.54 Å². The van der Waals surface area contributed by atoms with Gasteiger partial charge in [-0.3, -0.25) is 0 Å². The summed E-state index contributed by atoms with van der Waals surface area (Å²) in [6.07, 6.45) is 3.66. The van der Waals surface area contributed by atoms with Gasteiger partial charge in [-0.1, -0.05) is 6.92 Å². The Hall–Kier alpha value is -0.380. The van der Waals surface area contributed by atoms with Crippen LogP contribution in [0.5, 0.6) is 0 Å². The summed E-state index contributed by atoms with van der Waals surface area (Å²) in [6, 6.07) is 0. The minimum Gasteiger partial charge on any atom is -0.629 e. The summed E-state index contributed by atoms with van der Waals surface area (Å²) in [7, 11) is 0. The Morgan fingerprint density at radius 1 is 1.50 bits per heavy atom. The third-order valence-corrected chi connectivity index (χ3v) is 2.31. The second kappa shape index (κ2) is 2.70. The summed E-state index contributed by atoms with van der Waals surface area (Å²) in [6.45, 7) is 6.04. The summed E-state index contributed by atoms with van der Waals surface area (Å²) >= 11 is 0. The van der Waals surface area contributed by atoms with E-state index in [1.165, 1.54) is 0 Å². The van der Waals surface area contributed by atoms with E-state index in [0.29, 0.717) is 5.92 Å². The molecule has 3 nitrogen and oxygen atoms in total. The third-order valence-electron chi connectivity index (χ3n) is 2.31. The van der Waals surface area contributed by atoms with E-state index >= 15 is 0 Å². The van der Waals surface area contributed by atoms with Crippen molar-refractivity contribution in [2.45, 2.75) is 26.3 Å². The molecule has 0 aromatic rings. The van der Waals surface area contributed by atoms with Crippen LogP contribution in [0.1, 0.15) is 20.8 Å². The molecule has 0 bridgehead atoms. The first-order valence-electron chi connectivity index (χ1n) is 3.28. The fraction of sp³-hybridized carbons (Fsp3) is 0.714. The van der Waals surface area contributed by atoms with Gasteiger partial charge in [-0.25, -0.2) is 0 Å². The molecule has 0 amide bonds. The van der Waals surface area contributed by atoms with Crippen LogP contribution in [-0.4, -0.2) is 11.0 Å². The maximum Gasteiger partial charge on any atom is 0.102 e. The second-order valence-electron chi connectivity index (χ2n) is 3.23. The van der Waals surface area contributed by atoms with Crippen molar-refractivity contribution in [3.63, 3.8) is 0 Å². The molecule has 0 aromatic carbocycles. The Bertz CT molecular complexity index is 129. The van der Waals surface area contributed by atoms with E-state index in [9.17, 15) is 5.21 Å². The average Bonchev–Trinajstić information content (AvgIpc) is 1.96. The molecule has 1 aliphatic rings. The first-order valence-corrected chi connectivity index (χ1v) is 3.28. The van der Waals surface area contributed by atoms with Crippen LogP contribution in [0.25, 0.3) is 0 Å². The van der Waals surface area contributed by atoms with Crippen LogP contribution in [0.15, 0.2) is 12.3 Å². The topological polar surface area (TPSA) is 59.0 Å². The van der Waals surface area contributed by atoms with Crippen LogP contribution in [-0.2, 0) is 0 Å². The van der Waals surface area contributed by atoms with Crippen molar-refractivity contribution in [3.05, 3.63) is 17.5 Å². The number of hydrogen-bond donors (Lipinski definition) is 1. The maximum absolute atomic E-state index is 11.0. The maximum atomic E-state index is 11.0. The van der Waals surface area contributed by atoms with Gasteiger partial charge in [0, 0.05) is 5.92 Å². The molecule has 1 heterocycles. The van der Waals surface area contributed by atoms with Crippen LogP contribution in [0.2, 0.25) is 0 Å². The average molecular weight is 145 g/mol. The molecule has 1 rings (SSSR count). The zero-order chi connectivity index (χ0) is 7.07. The van der Waals surface area contributed by atoms with E-state index < -0.39 is 0 Å².